The number of carboxylic acid groups (broad SMARTS) is 1. The molecule has 0 radical (unpaired) electrons. The monoisotopic (exact) mass is 236 g/mol. The van der Waals surface area contributed by atoms with Crippen molar-refractivity contribution in [1.82, 2.24) is 0 Å². The second kappa shape index (κ2) is 5.66. The van der Waals surface area contributed by atoms with Gasteiger partial charge in [-0.05, 0) is 11.4 Å². The molecule has 0 spiro atoms. The Bertz CT molecular complexity index is 382. The van der Waals surface area contributed by atoms with Crippen LogP contribution in [0.2, 0.25) is 0 Å². The van der Waals surface area contributed by atoms with E-state index in [1.165, 1.54) is 0 Å². The van der Waals surface area contributed by atoms with Gasteiger partial charge in [-0.1, -0.05) is 44.2 Å². The number of rotatable bonds is 3. The Morgan fingerprint density at radius 2 is 1.88 bits per heavy atom. The molecule has 1 N–H and O–H groups in total. The zero-order valence-electron chi connectivity index (χ0n) is 9.51. The quantitative estimate of drug-likeness (QED) is 0.870. The van der Waals surface area contributed by atoms with E-state index in [1.54, 1.807) is 11.3 Å². The minimum Gasteiger partial charge on any atom is -0.481 e. The summed E-state index contributed by atoms with van der Waals surface area (Å²) in [6, 6.07) is 11.7. The highest BCUT2D eigenvalue weighted by Gasteiger charge is 2.24. The van der Waals surface area contributed by atoms with E-state index in [4.69, 9.17) is 5.11 Å². The second-order valence-electron chi connectivity index (χ2n) is 4.20. The van der Waals surface area contributed by atoms with Crippen molar-refractivity contribution < 1.29 is 9.90 Å². The number of carboxylic acids is 1. The fourth-order valence-electron chi connectivity index (χ4n) is 1.38. The molecule has 0 unspecified atom stereocenters. The van der Waals surface area contributed by atoms with Gasteiger partial charge >= 0.3 is 5.97 Å². The predicted molar refractivity (Wildman–Crippen MR) is 67.2 cm³/mol. The maximum atomic E-state index is 10.8. The maximum absolute atomic E-state index is 10.8. The molecule has 1 aromatic rings. The van der Waals surface area contributed by atoms with Crippen molar-refractivity contribution in [2.45, 2.75) is 25.7 Å². The molecule has 0 fully saturated rings. The number of hydrogen-bond donors (Lipinski definition) is 1. The van der Waals surface area contributed by atoms with Gasteiger partial charge in [-0.2, -0.15) is 0 Å². The first kappa shape index (κ1) is 12.7. The van der Waals surface area contributed by atoms with Crippen molar-refractivity contribution >= 4 is 17.3 Å². The van der Waals surface area contributed by atoms with Crippen LogP contribution >= 0.6 is 11.3 Å². The SMILES string of the molecule is CC(C)(CC(=O)O)c1cccccccs1. The first-order valence-electron chi connectivity index (χ1n) is 5.11. The molecule has 2 nitrogen and oxygen atoms in total. The van der Waals surface area contributed by atoms with Gasteiger partial charge in [-0.15, -0.1) is 11.3 Å². The topological polar surface area (TPSA) is 37.3 Å². The van der Waals surface area contributed by atoms with Crippen molar-refractivity contribution in [1.29, 1.82) is 0 Å². The zero-order chi connectivity index (χ0) is 12.0. The minimum atomic E-state index is -0.766. The molecular weight excluding hydrogens is 220 g/mol. The first-order chi connectivity index (χ1) is 7.52. The summed E-state index contributed by atoms with van der Waals surface area (Å²) in [7, 11) is 0. The third-order valence-corrected chi connectivity index (χ3v) is 3.46. The summed E-state index contributed by atoms with van der Waals surface area (Å²) in [5.74, 6) is -0.766. The van der Waals surface area contributed by atoms with Crippen molar-refractivity contribution in [3.63, 3.8) is 0 Å². The van der Waals surface area contributed by atoms with Crippen LogP contribution in [0, 0.1) is 0 Å². The average molecular weight is 236 g/mol. The highest BCUT2D eigenvalue weighted by Crippen LogP contribution is 2.28. The molecule has 0 amide bonds. The molecule has 86 valence electrons. The van der Waals surface area contributed by atoms with Gasteiger partial charge in [-0.3, -0.25) is 4.79 Å². The third-order valence-electron chi connectivity index (χ3n) is 2.23. The highest BCUT2D eigenvalue weighted by molar-refractivity contribution is 7.09. The Morgan fingerprint density at radius 3 is 2.56 bits per heavy atom. The zero-order valence-corrected chi connectivity index (χ0v) is 10.3. The van der Waals surface area contributed by atoms with E-state index in [1.807, 2.05) is 55.6 Å². The predicted octanol–water partition coefficient (Wildman–Crippen LogP) is 3.62. The minimum absolute atomic E-state index is 0.140. The fraction of sp³-hybridized carbons (Fsp3) is 0.308. The van der Waals surface area contributed by atoms with Crippen LogP contribution in [0.5, 0.6) is 0 Å². The molecular formula is C13H16O2S. The van der Waals surface area contributed by atoms with Crippen LogP contribution in [0.4, 0.5) is 0 Å². The largest absolute Gasteiger partial charge is 0.481 e. The third kappa shape index (κ3) is 4.03. The van der Waals surface area contributed by atoms with Crippen LogP contribution in [0.15, 0.2) is 41.8 Å². The Kier molecular flexibility index (Phi) is 4.50. The van der Waals surface area contributed by atoms with Gasteiger partial charge in [0, 0.05) is 10.3 Å². The van der Waals surface area contributed by atoms with E-state index in [0.29, 0.717) is 0 Å². The summed E-state index contributed by atoms with van der Waals surface area (Å²) in [4.78, 5) is 11.9. The normalized spacial score (nSPS) is 10.6. The lowest BCUT2D eigenvalue weighted by atomic mass is 9.88. The summed E-state index contributed by atoms with van der Waals surface area (Å²) in [5, 5.41) is 10.8. The lowest BCUT2D eigenvalue weighted by Gasteiger charge is -2.21. The molecule has 0 aliphatic carbocycles. The Hall–Kier alpha value is -1.35. The summed E-state index contributed by atoms with van der Waals surface area (Å²) < 4.78 is 0. The van der Waals surface area contributed by atoms with Crippen molar-refractivity contribution in [2.75, 3.05) is 0 Å². The molecule has 0 aliphatic heterocycles. The van der Waals surface area contributed by atoms with Crippen LogP contribution in [0.25, 0.3) is 0 Å². The molecule has 0 atom stereocenters. The van der Waals surface area contributed by atoms with Gasteiger partial charge in [0.05, 0.1) is 6.42 Å². The summed E-state index contributed by atoms with van der Waals surface area (Å²) in [5.41, 5.74) is -0.338. The van der Waals surface area contributed by atoms with Crippen LogP contribution in [0.1, 0.15) is 25.1 Å². The van der Waals surface area contributed by atoms with Gasteiger partial charge < -0.3 is 5.11 Å². The van der Waals surface area contributed by atoms with E-state index in [0.717, 1.165) is 4.88 Å². The lowest BCUT2D eigenvalue weighted by molar-refractivity contribution is -0.138. The molecule has 16 heavy (non-hydrogen) atoms. The molecule has 0 saturated heterocycles. The molecule has 1 aromatic heterocycles. The Balaban J connectivity index is 3.13. The Labute approximate surface area is 99.9 Å². The number of hydrogen-bond acceptors (Lipinski definition) is 2. The van der Waals surface area contributed by atoms with E-state index >= 15 is 0 Å². The van der Waals surface area contributed by atoms with Gasteiger partial charge in [0.2, 0.25) is 0 Å². The van der Waals surface area contributed by atoms with Gasteiger partial charge in [0.1, 0.15) is 0 Å². The van der Waals surface area contributed by atoms with Crippen molar-refractivity contribution in [2.24, 2.45) is 0 Å². The van der Waals surface area contributed by atoms with Crippen molar-refractivity contribution in [3.05, 3.63) is 46.7 Å². The lowest BCUT2D eigenvalue weighted by Crippen LogP contribution is -2.20. The van der Waals surface area contributed by atoms with Gasteiger partial charge in [0.15, 0.2) is 0 Å². The molecule has 1 rings (SSSR count). The van der Waals surface area contributed by atoms with E-state index < -0.39 is 5.97 Å². The molecule has 0 saturated carbocycles. The van der Waals surface area contributed by atoms with Gasteiger partial charge in [0.25, 0.3) is 0 Å². The van der Waals surface area contributed by atoms with Crippen LogP contribution in [0.3, 0.4) is 0 Å². The molecule has 0 aromatic carbocycles. The second-order valence-corrected chi connectivity index (χ2v) is 5.15. The Morgan fingerprint density at radius 1 is 1.25 bits per heavy atom. The van der Waals surface area contributed by atoms with E-state index in [2.05, 4.69) is 0 Å². The number of carbonyl (C=O) groups is 1. The number of aliphatic carboxylic acids is 1. The molecule has 0 aliphatic rings. The standard InChI is InChI=1S/C13H16O2S/c1-13(2,10-12(14)15)11-8-6-4-3-5-7-9-16-11/h3-9H,10H2,1-2H3,(H,14,15). The van der Waals surface area contributed by atoms with Crippen LogP contribution < -0.4 is 0 Å². The molecule has 3 heteroatoms. The van der Waals surface area contributed by atoms with Gasteiger partial charge in [-0.25, -0.2) is 0 Å². The first-order valence-corrected chi connectivity index (χ1v) is 5.99. The average Bonchev–Trinajstić information content (AvgIpc) is 2.28. The van der Waals surface area contributed by atoms with E-state index in [9.17, 15) is 4.79 Å². The van der Waals surface area contributed by atoms with Crippen molar-refractivity contribution in [3.8, 4) is 0 Å². The summed E-state index contributed by atoms with van der Waals surface area (Å²) >= 11 is 1.57. The summed E-state index contributed by atoms with van der Waals surface area (Å²) in [6.07, 6.45) is 0.140. The summed E-state index contributed by atoms with van der Waals surface area (Å²) in [6.45, 7) is 3.90. The molecule has 1 heterocycles. The van der Waals surface area contributed by atoms with Crippen LogP contribution in [-0.2, 0) is 10.2 Å². The fourth-order valence-corrected chi connectivity index (χ4v) is 2.25. The van der Waals surface area contributed by atoms with E-state index in [-0.39, 0.29) is 11.8 Å². The maximum Gasteiger partial charge on any atom is 0.304 e. The highest BCUT2D eigenvalue weighted by atomic mass is 32.1. The molecule has 0 bridgehead atoms. The van der Waals surface area contributed by atoms with Crippen LogP contribution in [-0.4, -0.2) is 11.1 Å². The smallest absolute Gasteiger partial charge is 0.304 e.